The van der Waals surface area contributed by atoms with E-state index in [1.54, 1.807) is 0 Å². The molecule has 2 heterocycles. The van der Waals surface area contributed by atoms with Gasteiger partial charge in [0.05, 0.1) is 17.7 Å². The van der Waals surface area contributed by atoms with Crippen LogP contribution in [0.25, 0.3) is 10.2 Å². The van der Waals surface area contributed by atoms with Crippen LogP contribution in [0.4, 0.5) is 5.69 Å². The summed E-state index contributed by atoms with van der Waals surface area (Å²) in [5.41, 5.74) is 4.05. The van der Waals surface area contributed by atoms with Crippen molar-refractivity contribution in [1.82, 2.24) is 9.97 Å². The Morgan fingerprint density at radius 2 is 2.19 bits per heavy atom. The van der Waals surface area contributed by atoms with Crippen molar-refractivity contribution < 1.29 is 0 Å². The lowest BCUT2D eigenvalue weighted by molar-refractivity contribution is 0.953. The van der Waals surface area contributed by atoms with Crippen LogP contribution in [-0.4, -0.2) is 9.97 Å². The maximum Gasteiger partial charge on any atom is 0.268 e. The van der Waals surface area contributed by atoms with Crippen molar-refractivity contribution in [2.45, 2.75) is 20.4 Å². The second-order valence-corrected chi connectivity index (χ2v) is 6.71. The number of aromatic amines is 1. The van der Waals surface area contributed by atoms with E-state index < -0.39 is 0 Å². The first kappa shape index (κ1) is 14.3. The zero-order valence-electron chi connectivity index (χ0n) is 11.7. The quantitative estimate of drug-likeness (QED) is 0.739. The van der Waals surface area contributed by atoms with Crippen molar-refractivity contribution in [2.75, 3.05) is 5.32 Å². The van der Waals surface area contributed by atoms with Crippen molar-refractivity contribution in [3.8, 4) is 0 Å². The number of nitrogens with one attached hydrogen (secondary N) is 2. The van der Waals surface area contributed by atoms with Gasteiger partial charge in [0.2, 0.25) is 0 Å². The zero-order valence-corrected chi connectivity index (χ0v) is 14.1. The Kier molecular flexibility index (Phi) is 3.82. The second kappa shape index (κ2) is 5.61. The van der Waals surface area contributed by atoms with Crippen LogP contribution < -0.4 is 10.9 Å². The Balaban J connectivity index is 1.88. The molecule has 0 atom stereocenters. The first-order chi connectivity index (χ1) is 10.0. The maximum atomic E-state index is 11.9. The van der Waals surface area contributed by atoms with Crippen LogP contribution in [0.15, 0.2) is 32.8 Å². The van der Waals surface area contributed by atoms with E-state index in [2.05, 4.69) is 57.2 Å². The van der Waals surface area contributed by atoms with Gasteiger partial charge < -0.3 is 10.3 Å². The van der Waals surface area contributed by atoms with Gasteiger partial charge in [-0.2, -0.15) is 0 Å². The van der Waals surface area contributed by atoms with Crippen LogP contribution in [0.3, 0.4) is 0 Å². The average molecular weight is 364 g/mol. The minimum Gasteiger partial charge on any atom is -0.377 e. The number of nitrogens with zero attached hydrogens (tertiary/aromatic N) is 1. The Morgan fingerprint density at radius 3 is 2.95 bits per heavy atom. The highest BCUT2D eigenvalue weighted by Crippen LogP contribution is 2.28. The molecule has 1 aromatic carbocycles. The maximum absolute atomic E-state index is 11.9. The molecule has 0 saturated heterocycles. The van der Waals surface area contributed by atoms with Gasteiger partial charge >= 0.3 is 0 Å². The molecule has 0 amide bonds. The molecule has 0 aliphatic rings. The highest BCUT2D eigenvalue weighted by molar-refractivity contribution is 9.10. The molecular weight excluding hydrogens is 350 g/mol. The first-order valence-corrected chi connectivity index (χ1v) is 8.19. The number of thiophene rings is 1. The largest absolute Gasteiger partial charge is 0.377 e. The molecule has 21 heavy (non-hydrogen) atoms. The zero-order chi connectivity index (χ0) is 15.0. The molecule has 0 spiro atoms. The van der Waals surface area contributed by atoms with Gasteiger partial charge in [0.1, 0.15) is 10.5 Å². The smallest absolute Gasteiger partial charge is 0.268 e. The number of anilines is 1. The predicted octanol–water partition coefficient (Wildman–Crippen LogP) is 3.98. The Hall–Kier alpha value is -1.66. The molecule has 0 bridgehead atoms. The standard InChI is InChI=1S/C15H14BrN3OS/c1-8-5-9(2)13(10(16)6-8)17-7-12-18-11-3-4-21-14(11)15(20)19-12/h3-6,17H,7H2,1-2H3,(H,18,19,20). The number of aromatic nitrogens is 2. The van der Waals surface area contributed by atoms with Crippen molar-refractivity contribution in [2.24, 2.45) is 0 Å². The van der Waals surface area contributed by atoms with Gasteiger partial charge in [0, 0.05) is 4.47 Å². The highest BCUT2D eigenvalue weighted by atomic mass is 79.9. The van der Waals surface area contributed by atoms with Crippen LogP contribution in [0.5, 0.6) is 0 Å². The molecule has 3 rings (SSSR count). The van der Waals surface area contributed by atoms with E-state index in [1.807, 2.05) is 11.4 Å². The first-order valence-electron chi connectivity index (χ1n) is 6.51. The van der Waals surface area contributed by atoms with Crippen LogP contribution >= 0.6 is 27.3 Å². The number of fused-ring (bicyclic) bond motifs is 1. The van der Waals surface area contributed by atoms with Crippen molar-refractivity contribution >= 4 is 43.2 Å². The number of hydrogen-bond acceptors (Lipinski definition) is 4. The van der Waals surface area contributed by atoms with E-state index in [0.29, 0.717) is 17.1 Å². The second-order valence-electron chi connectivity index (χ2n) is 4.94. The van der Waals surface area contributed by atoms with Gasteiger partial charge in [-0.1, -0.05) is 6.07 Å². The Morgan fingerprint density at radius 1 is 1.38 bits per heavy atom. The minimum atomic E-state index is -0.0773. The molecule has 108 valence electrons. The summed E-state index contributed by atoms with van der Waals surface area (Å²) in [7, 11) is 0. The summed E-state index contributed by atoms with van der Waals surface area (Å²) in [5.74, 6) is 0.637. The monoisotopic (exact) mass is 363 g/mol. The van der Waals surface area contributed by atoms with Gasteiger partial charge in [0.25, 0.3) is 5.56 Å². The fourth-order valence-electron chi connectivity index (χ4n) is 2.32. The molecule has 0 radical (unpaired) electrons. The third-order valence-electron chi connectivity index (χ3n) is 3.23. The number of aryl methyl sites for hydroxylation is 2. The van der Waals surface area contributed by atoms with Crippen molar-refractivity contribution in [1.29, 1.82) is 0 Å². The molecule has 2 aromatic heterocycles. The minimum absolute atomic E-state index is 0.0773. The van der Waals surface area contributed by atoms with Gasteiger partial charge in [0.15, 0.2) is 0 Å². The van der Waals surface area contributed by atoms with E-state index in [-0.39, 0.29) is 5.56 Å². The number of benzene rings is 1. The summed E-state index contributed by atoms with van der Waals surface area (Å²) in [6, 6.07) is 6.05. The topological polar surface area (TPSA) is 57.8 Å². The molecule has 0 aliphatic carbocycles. The normalized spacial score (nSPS) is 11.0. The fourth-order valence-corrected chi connectivity index (χ4v) is 3.86. The molecule has 4 nitrogen and oxygen atoms in total. The summed E-state index contributed by atoms with van der Waals surface area (Å²) in [6.07, 6.45) is 0. The molecule has 0 aliphatic heterocycles. The van der Waals surface area contributed by atoms with E-state index in [4.69, 9.17) is 0 Å². The van der Waals surface area contributed by atoms with Crippen LogP contribution in [-0.2, 0) is 6.54 Å². The van der Waals surface area contributed by atoms with E-state index in [0.717, 1.165) is 21.2 Å². The Labute approximate surface area is 134 Å². The number of H-pyrrole nitrogens is 1. The lowest BCUT2D eigenvalue weighted by Crippen LogP contribution is -2.13. The van der Waals surface area contributed by atoms with E-state index >= 15 is 0 Å². The third kappa shape index (κ3) is 2.87. The summed E-state index contributed by atoms with van der Waals surface area (Å²) < 4.78 is 1.69. The van der Waals surface area contributed by atoms with Crippen LogP contribution in [0.2, 0.25) is 0 Å². The van der Waals surface area contributed by atoms with Gasteiger partial charge in [-0.3, -0.25) is 4.79 Å². The van der Waals surface area contributed by atoms with Crippen molar-refractivity contribution in [3.05, 3.63) is 55.4 Å². The molecule has 0 fully saturated rings. The number of halogens is 1. The number of hydrogen-bond donors (Lipinski definition) is 2. The SMILES string of the molecule is Cc1cc(C)c(NCc2nc3ccsc3c(=O)[nH]2)c(Br)c1. The van der Waals surface area contributed by atoms with Crippen LogP contribution in [0, 0.1) is 13.8 Å². The van der Waals surface area contributed by atoms with Crippen LogP contribution in [0.1, 0.15) is 17.0 Å². The average Bonchev–Trinajstić information content (AvgIpc) is 2.86. The lowest BCUT2D eigenvalue weighted by Gasteiger charge is -2.12. The molecule has 0 unspecified atom stereocenters. The molecule has 6 heteroatoms. The summed E-state index contributed by atoms with van der Waals surface area (Å²) >= 11 is 4.98. The third-order valence-corrected chi connectivity index (χ3v) is 4.76. The summed E-state index contributed by atoms with van der Waals surface area (Å²) in [4.78, 5) is 19.2. The number of rotatable bonds is 3. The molecule has 3 aromatic rings. The summed E-state index contributed by atoms with van der Waals surface area (Å²) in [5, 5.41) is 5.21. The highest BCUT2D eigenvalue weighted by Gasteiger charge is 2.08. The Bertz CT molecular complexity index is 846. The lowest BCUT2D eigenvalue weighted by atomic mass is 10.1. The summed E-state index contributed by atoms with van der Waals surface area (Å²) in [6.45, 7) is 4.59. The molecule has 2 N–H and O–H groups in total. The predicted molar refractivity (Wildman–Crippen MR) is 91.2 cm³/mol. The van der Waals surface area contributed by atoms with Gasteiger partial charge in [-0.15, -0.1) is 11.3 Å². The molecular formula is C15H14BrN3OS. The van der Waals surface area contributed by atoms with Gasteiger partial charge in [-0.05, 0) is 58.4 Å². The van der Waals surface area contributed by atoms with Crippen molar-refractivity contribution in [3.63, 3.8) is 0 Å². The van der Waals surface area contributed by atoms with E-state index in [1.165, 1.54) is 16.9 Å². The van der Waals surface area contributed by atoms with E-state index in [9.17, 15) is 4.79 Å². The van der Waals surface area contributed by atoms with Gasteiger partial charge in [-0.25, -0.2) is 4.98 Å². The molecule has 0 saturated carbocycles. The fraction of sp³-hybridized carbons (Fsp3) is 0.200.